The third-order valence-corrected chi connectivity index (χ3v) is 7.12. The van der Waals surface area contributed by atoms with Gasteiger partial charge in [0, 0.05) is 11.7 Å². The Morgan fingerprint density at radius 3 is 2.71 bits per heavy atom. The van der Waals surface area contributed by atoms with Crippen LogP contribution in [-0.4, -0.2) is 25.8 Å². The number of aromatic nitrogens is 3. The van der Waals surface area contributed by atoms with Crippen molar-refractivity contribution in [2.45, 2.75) is 37.9 Å². The second-order valence-electron chi connectivity index (χ2n) is 8.52. The van der Waals surface area contributed by atoms with E-state index in [0.717, 1.165) is 18.5 Å². The summed E-state index contributed by atoms with van der Waals surface area (Å²) < 4.78 is 17.3. The zero-order chi connectivity index (χ0) is 24.7. The van der Waals surface area contributed by atoms with Gasteiger partial charge in [0.1, 0.15) is 17.7 Å². The number of anilines is 1. The SMILES string of the molecule is Cc1c(C#N)c(NC(=O)CSc2nc3ccccc3c(=O)n2C2CC2)n(-c2cccc(F)c2)c1C. The molecular weight excluding hydrogens is 465 g/mol. The Balaban J connectivity index is 1.45. The lowest BCUT2D eigenvalue weighted by molar-refractivity contribution is -0.113. The van der Waals surface area contributed by atoms with Crippen molar-refractivity contribution in [3.05, 3.63) is 81.5 Å². The Kier molecular flexibility index (Phi) is 5.91. The standard InChI is InChI=1S/C26H22FN5O2S/c1-15-16(2)31(19-7-5-6-17(27)12-19)24(21(15)13-28)30-23(33)14-35-26-29-22-9-4-3-8-20(22)25(34)32(26)18-10-11-18/h3-9,12,18H,10-11,14H2,1-2H3,(H,30,33). The van der Waals surface area contributed by atoms with E-state index in [1.807, 2.05) is 19.1 Å². The van der Waals surface area contributed by atoms with Gasteiger partial charge in [-0.3, -0.25) is 18.7 Å². The minimum atomic E-state index is -0.417. The van der Waals surface area contributed by atoms with Crippen molar-refractivity contribution >= 4 is 34.4 Å². The normalized spacial score (nSPS) is 13.1. The summed E-state index contributed by atoms with van der Waals surface area (Å²) in [6.07, 6.45) is 1.82. The highest BCUT2D eigenvalue weighted by Crippen LogP contribution is 2.37. The molecule has 1 aliphatic carbocycles. The molecule has 1 saturated carbocycles. The largest absolute Gasteiger partial charge is 0.310 e. The van der Waals surface area contributed by atoms with E-state index >= 15 is 0 Å². The molecule has 1 N–H and O–H groups in total. The van der Waals surface area contributed by atoms with E-state index in [-0.39, 0.29) is 23.3 Å². The summed E-state index contributed by atoms with van der Waals surface area (Å²) in [5, 5.41) is 13.7. The topological polar surface area (TPSA) is 92.7 Å². The van der Waals surface area contributed by atoms with Gasteiger partial charge in [-0.05, 0) is 62.6 Å². The van der Waals surface area contributed by atoms with Crippen LogP contribution in [0.4, 0.5) is 10.2 Å². The van der Waals surface area contributed by atoms with E-state index < -0.39 is 5.82 Å². The molecule has 1 amide bonds. The number of nitrogens with one attached hydrogen (secondary N) is 1. The molecule has 0 radical (unpaired) electrons. The minimum Gasteiger partial charge on any atom is -0.310 e. The molecule has 0 unspecified atom stereocenters. The maximum atomic E-state index is 13.9. The van der Waals surface area contributed by atoms with Gasteiger partial charge in [-0.2, -0.15) is 5.26 Å². The van der Waals surface area contributed by atoms with Gasteiger partial charge in [-0.25, -0.2) is 9.37 Å². The zero-order valence-corrected chi connectivity index (χ0v) is 20.0. The van der Waals surface area contributed by atoms with Gasteiger partial charge in [0.05, 0.1) is 27.9 Å². The number of nitriles is 1. The van der Waals surface area contributed by atoms with Crippen LogP contribution in [0.1, 0.15) is 35.7 Å². The summed E-state index contributed by atoms with van der Waals surface area (Å²) in [6.45, 7) is 3.61. The van der Waals surface area contributed by atoms with Crippen LogP contribution < -0.4 is 10.9 Å². The quantitative estimate of drug-likeness (QED) is 0.309. The minimum absolute atomic E-state index is 0.00516. The monoisotopic (exact) mass is 487 g/mol. The zero-order valence-electron chi connectivity index (χ0n) is 19.2. The predicted molar refractivity (Wildman–Crippen MR) is 134 cm³/mol. The Morgan fingerprint density at radius 2 is 2.00 bits per heavy atom. The molecule has 0 spiro atoms. The van der Waals surface area contributed by atoms with Crippen LogP contribution in [0.2, 0.25) is 0 Å². The van der Waals surface area contributed by atoms with Gasteiger partial charge in [0.2, 0.25) is 5.91 Å². The van der Waals surface area contributed by atoms with Crippen molar-refractivity contribution in [2.75, 3.05) is 11.1 Å². The Hall–Kier alpha value is -3.90. The smallest absolute Gasteiger partial charge is 0.262 e. The predicted octanol–water partition coefficient (Wildman–Crippen LogP) is 4.88. The Labute approximate surface area is 205 Å². The molecule has 0 saturated heterocycles. The number of amides is 1. The first-order chi connectivity index (χ1) is 16.9. The van der Waals surface area contributed by atoms with Gasteiger partial charge in [0.15, 0.2) is 5.16 Å². The van der Waals surface area contributed by atoms with Gasteiger partial charge >= 0.3 is 0 Å². The first-order valence-corrected chi connectivity index (χ1v) is 12.2. The molecule has 35 heavy (non-hydrogen) atoms. The number of carbonyl (C=O) groups excluding carboxylic acids is 1. The molecule has 7 nitrogen and oxygen atoms in total. The maximum absolute atomic E-state index is 13.9. The molecule has 5 rings (SSSR count). The van der Waals surface area contributed by atoms with Crippen molar-refractivity contribution in [2.24, 2.45) is 0 Å². The summed E-state index contributed by atoms with van der Waals surface area (Å²) in [5.41, 5.74) is 2.76. The van der Waals surface area contributed by atoms with Crippen molar-refractivity contribution in [3.63, 3.8) is 0 Å². The first-order valence-electron chi connectivity index (χ1n) is 11.2. The van der Waals surface area contributed by atoms with Gasteiger partial charge in [-0.15, -0.1) is 0 Å². The van der Waals surface area contributed by atoms with Crippen molar-refractivity contribution in [1.82, 2.24) is 14.1 Å². The molecule has 4 aromatic rings. The summed E-state index contributed by atoms with van der Waals surface area (Å²) in [7, 11) is 0. The van der Waals surface area contributed by atoms with E-state index in [0.29, 0.717) is 38.7 Å². The van der Waals surface area contributed by atoms with Crippen molar-refractivity contribution < 1.29 is 9.18 Å². The van der Waals surface area contributed by atoms with Crippen LogP contribution >= 0.6 is 11.8 Å². The van der Waals surface area contributed by atoms with Crippen LogP contribution in [0, 0.1) is 31.0 Å². The molecule has 0 atom stereocenters. The molecule has 2 aromatic carbocycles. The summed E-state index contributed by atoms with van der Waals surface area (Å²) in [6, 6.07) is 15.4. The number of nitrogens with zero attached hydrogens (tertiary/aromatic N) is 4. The van der Waals surface area contributed by atoms with E-state index in [1.54, 1.807) is 40.3 Å². The summed E-state index contributed by atoms with van der Waals surface area (Å²) in [4.78, 5) is 30.7. The van der Waals surface area contributed by atoms with E-state index in [2.05, 4.69) is 16.4 Å². The summed E-state index contributed by atoms with van der Waals surface area (Å²) in [5.74, 6) is -0.481. The lowest BCUT2D eigenvalue weighted by Crippen LogP contribution is -2.23. The molecule has 9 heteroatoms. The van der Waals surface area contributed by atoms with Crippen LogP contribution in [0.15, 0.2) is 58.5 Å². The van der Waals surface area contributed by atoms with E-state index in [1.165, 1.54) is 23.9 Å². The number of thioether (sulfide) groups is 1. The fourth-order valence-corrected chi connectivity index (χ4v) is 5.05. The number of halogens is 1. The van der Waals surface area contributed by atoms with Crippen LogP contribution in [0.5, 0.6) is 0 Å². The molecular formula is C26H22FN5O2S. The average molecular weight is 488 g/mol. The maximum Gasteiger partial charge on any atom is 0.262 e. The molecule has 0 aliphatic heterocycles. The number of hydrogen-bond acceptors (Lipinski definition) is 5. The van der Waals surface area contributed by atoms with E-state index in [4.69, 9.17) is 0 Å². The highest BCUT2D eigenvalue weighted by molar-refractivity contribution is 7.99. The highest BCUT2D eigenvalue weighted by Gasteiger charge is 2.29. The number of carbonyl (C=O) groups is 1. The van der Waals surface area contributed by atoms with Crippen LogP contribution in [0.3, 0.4) is 0 Å². The molecule has 1 aliphatic rings. The lowest BCUT2D eigenvalue weighted by Gasteiger charge is -2.14. The van der Waals surface area contributed by atoms with E-state index in [9.17, 15) is 19.2 Å². The first kappa shape index (κ1) is 22.9. The Morgan fingerprint density at radius 1 is 1.23 bits per heavy atom. The molecule has 2 aromatic heterocycles. The number of benzene rings is 2. The van der Waals surface area contributed by atoms with Crippen LogP contribution in [-0.2, 0) is 4.79 Å². The molecule has 176 valence electrons. The third kappa shape index (κ3) is 4.21. The fraction of sp³-hybridized carbons (Fsp3) is 0.231. The van der Waals surface area contributed by atoms with Gasteiger partial charge in [-0.1, -0.05) is 30.0 Å². The van der Waals surface area contributed by atoms with Gasteiger partial charge < -0.3 is 5.32 Å². The number of hydrogen-bond donors (Lipinski definition) is 1. The third-order valence-electron chi connectivity index (χ3n) is 6.17. The molecule has 2 heterocycles. The second kappa shape index (κ2) is 9.04. The number of para-hydroxylation sites is 1. The molecule has 0 bridgehead atoms. The average Bonchev–Trinajstić information content (AvgIpc) is 3.65. The molecule has 1 fully saturated rings. The van der Waals surface area contributed by atoms with Gasteiger partial charge in [0.25, 0.3) is 5.56 Å². The highest BCUT2D eigenvalue weighted by atomic mass is 32.2. The van der Waals surface area contributed by atoms with Crippen molar-refractivity contribution in [3.8, 4) is 11.8 Å². The second-order valence-corrected chi connectivity index (χ2v) is 9.46. The number of rotatable bonds is 6. The number of fused-ring (bicyclic) bond motifs is 1. The summed E-state index contributed by atoms with van der Waals surface area (Å²) >= 11 is 1.19. The Bertz CT molecular complexity index is 1580. The van der Waals surface area contributed by atoms with Crippen LogP contribution in [0.25, 0.3) is 16.6 Å². The fourth-order valence-electron chi connectivity index (χ4n) is 4.18. The lowest BCUT2D eigenvalue weighted by atomic mass is 10.2. The van der Waals surface area contributed by atoms with Crippen molar-refractivity contribution in [1.29, 1.82) is 5.26 Å².